The van der Waals surface area contributed by atoms with E-state index in [1.807, 2.05) is 56.3 Å². The highest BCUT2D eigenvalue weighted by atomic mass is 16.5. The SMILES string of the molecule is COc1ccc(CCn2c(C)cc(C(=O)CN3C(=O)C4CC=CCC4C3=O)c2C)cc1. The van der Waals surface area contributed by atoms with E-state index in [9.17, 15) is 14.4 Å². The van der Waals surface area contributed by atoms with E-state index in [0.717, 1.165) is 30.1 Å². The molecule has 2 unspecified atom stereocenters. The minimum atomic E-state index is -0.303. The van der Waals surface area contributed by atoms with Crippen LogP contribution in [-0.4, -0.2) is 40.7 Å². The van der Waals surface area contributed by atoms with Crippen LogP contribution in [0.25, 0.3) is 0 Å². The average Bonchev–Trinajstić information content (AvgIpc) is 3.20. The molecule has 1 fully saturated rings. The lowest BCUT2D eigenvalue weighted by atomic mass is 9.85. The van der Waals surface area contributed by atoms with Gasteiger partial charge in [-0.15, -0.1) is 0 Å². The maximum atomic E-state index is 13.0. The van der Waals surface area contributed by atoms with E-state index >= 15 is 0 Å². The quantitative estimate of drug-likeness (QED) is 0.391. The number of nitrogens with zero attached hydrogens (tertiary/aromatic N) is 2. The summed E-state index contributed by atoms with van der Waals surface area (Å²) < 4.78 is 7.32. The van der Waals surface area contributed by atoms with Gasteiger partial charge in [0.1, 0.15) is 5.75 Å². The predicted molar refractivity (Wildman–Crippen MR) is 117 cm³/mol. The molecule has 1 aliphatic carbocycles. The molecule has 31 heavy (non-hydrogen) atoms. The fourth-order valence-corrected chi connectivity index (χ4v) is 4.71. The van der Waals surface area contributed by atoms with Gasteiger partial charge in [0.25, 0.3) is 0 Å². The lowest BCUT2D eigenvalue weighted by molar-refractivity contribution is -0.139. The van der Waals surface area contributed by atoms with Gasteiger partial charge in [-0.1, -0.05) is 24.3 Å². The zero-order valence-electron chi connectivity index (χ0n) is 18.3. The van der Waals surface area contributed by atoms with E-state index < -0.39 is 0 Å². The number of aryl methyl sites for hydroxylation is 2. The number of aromatic nitrogens is 1. The second-order valence-corrected chi connectivity index (χ2v) is 8.38. The normalized spacial score (nSPS) is 20.3. The first kappa shape index (κ1) is 21.1. The topological polar surface area (TPSA) is 68.6 Å². The molecular weight excluding hydrogens is 392 g/mol. The van der Waals surface area contributed by atoms with Crippen molar-refractivity contribution < 1.29 is 19.1 Å². The summed E-state index contributed by atoms with van der Waals surface area (Å²) in [6, 6.07) is 9.83. The number of hydrogen-bond acceptors (Lipinski definition) is 4. The van der Waals surface area contributed by atoms with Crippen LogP contribution < -0.4 is 4.74 Å². The molecule has 0 saturated carbocycles. The first-order valence-corrected chi connectivity index (χ1v) is 10.7. The highest BCUT2D eigenvalue weighted by Crippen LogP contribution is 2.35. The highest BCUT2D eigenvalue weighted by Gasteiger charge is 2.47. The maximum absolute atomic E-state index is 13.0. The number of Topliss-reactive ketones (excluding diaryl/α,β-unsaturated/α-hetero) is 1. The zero-order valence-corrected chi connectivity index (χ0v) is 18.3. The van der Waals surface area contributed by atoms with Crippen LogP contribution in [0.5, 0.6) is 5.75 Å². The van der Waals surface area contributed by atoms with Crippen molar-refractivity contribution in [3.05, 3.63) is 65.0 Å². The van der Waals surface area contributed by atoms with E-state index in [4.69, 9.17) is 4.74 Å². The van der Waals surface area contributed by atoms with Crippen molar-refractivity contribution in [2.24, 2.45) is 11.8 Å². The third-order valence-electron chi connectivity index (χ3n) is 6.56. The fraction of sp³-hybridized carbons (Fsp3) is 0.400. The number of amides is 2. The van der Waals surface area contributed by atoms with Crippen molar-refractivity contribution in [1.29, 1.82) is 0 Å². The Labute approximate surface area is 182 Å². The lowest BCUT2D eigenvalue weighted by Gasteiger charge is -2.14. The molecule has 1 aromatic carbocycles. The number of ether oxygens (including phenoxy) is 1. The number of benzene rings is 1. The predicted octanol–water partition coefficient (Wildman–Crippen LogP) is 3.49. The molecule has 2 heterocycles. The minimum absolute atomic E-state index is 0.173. The summed E-state index contributed by atoms with van der Waals surface area (Å²) >= 11 is 0. The van der Waals surface area contributed by atoms with E-state index in [-0.39, 0.29) is 36.0 Å². The lowest BCUT2D eigenvalue weighted by Crippen LogP contribution is -2.36. The Morgan fingerprint density at radius 3 is 2.23 bits per heavy atom. The Morgan fingerprint density at radius 1 is 1.03 bits per heavy atom. The number of carbonyl (C=O) groups excluding carboxylic acids is 3. The van der Waals surface area contributed by atoms with Gasteiger partial charge in [0.05, 0.1) is 25.5 Å². The van der Waals surface area contributed by atoms with Gasteiger partial charge in [-0.3, -0.25) is 19.3 Å². The summed E-state index contributed by atoms with van der Waals surface area (Å²) in [6.07, 6.45) is 5.90. The summed E-state index contributed by atoms with van der Waals surface area (Å²) in [4.78, 5) is 39.6. The van der Waals surface area contributed by atoms with Crippen LogP contribution in [0.3, 0.4) is 0 Å². The number of likely N-dealkylation sites (tertiary alicyclic amines) is 1. The molecule has 4 rings (SSSR count). The molecule has 1 aliphatic heterocycles. The van der Waals surface area contributed by atoms with Gasteiger partial charge in [-0.05, 0) is 56.9 Å². The molecule has 6 heteroatoms. The molecule has 0 bridgehead atoms. The van der Waals surface area contributed by atoms with Crippen molar-refractivity contribution in [2.75, 3.05) is 13.7 Å². The van der Waals surface area contributed by atoms with Crippen molar-refractivity contribution >= 4 is 17.6 Å². The molecular formula is C25H28N2O4. The van der Waals surface area contributed by atoms with Crippen LogP contribution in [0.2, 0.25) is 0 Å². The molecule has 162 valence electrons. The molecule has 0 spiro atoms. The molecule has 6 nitrogen and oxygen atoms in total. The van der Waals surface area contributed by atoms with Gasteiger partial charge in [0.15, 0.2) is 5.78 Å². The molecule has 2 aromatic rings. The first-order valence-electron chi connectivity index (χ1n) is 10.7. The second-order valence-electron chi connectivity index (χ2n) is 8.38. The van der Waals surface area contributed by atoms with E-state index in [1.54, 1.807) is 7.11 Å². The summed E-state index contributed by atoms with van der Waals surface area (Å²) in [5.74, 6) is -0.379. The van der Waals surface area contributed by atoms with Crippen molar-refractivity contribution in [2.45, 2.75) is 39.7 Å². The van der Waals surface area contributed by atoms with E-state index in [1.165, 1.54) is 10.5 Å². The van der Waals surface area contributed by atoms with Gasteiger partial charge >= 0.3 is 0 Å². The average molecular weight is 421 g/mol. The Bertz CT molecular complexity index is 1020. The largest absolute Gasteiger partial charge is 0.497 e. The fourth-order valence-electron chi connectivity index (χ4n) is 4.71. The van der Waals surface area contributed by atoms with Crippen molar-refractivity contribution in [3.63, 3.8) is 0 Å². The monoisotopic (exact) mass is 420 g/mol. The minimum Gasteiger partial charge on any atom is -0.497 e. The number of carbonyl (C=O) groups is 3. The third kappa shape index (κ3) is 3.94. The van der Waals surface area contributed by atoms with E-state index in [0.29, 0.717) is 18.4 Å². The van der Waals surface area contributed by atoms with Gasteiger partial charge in [-0.2, -0.15) is 0 Å². The summed E-state index contributed by atoms with van der Waals surface area (Å²) in [5, 5.41) is 0. The molecule has 2 aliphatic rings. The van der Waals surface area contributed by atoms with Crippen LogP contribution in [0.15, 0.2) is 42.5 Å². The van der Waals surface area contributed by atoms with Crippen LogP contribution >= 0.6 is 0 Å². The Kier molecular flexibility index (Phi) is 5.81. The highest BCUT2D eigenvalue weighted by molar-refractivity contribution is 6.10. The molecule has 0 radical (unpaired) electrons. The summed E-state index contributed by atoms with van der Waals surface area (Å²) in [5.41, 5.74) is 3.63. The maximum Gasteiger partial charge on any atom is 0.233 e. The molecule has 1 aromatic heterocycles. The zero-order chi connectivity index (χ0) is 22.1. The molecule has 0 N–H and O–H groups in total. The van der Waals surface area contributed by atoms with Gasteiger partial charge in [0.2, 0.25) is 11.8 Å². The standard InChI is InChI=1S/C25H28N2O4/c1-16-14-22(17(2)26(16)13-12-18-8-10-19(31-3)11-9-18)23(28)15-27-24(29)20-6-4-5-7-21(20)25(27)30/h4-5,8-11,14,20-21H,6-7,12-13,15H2,1-3H3. The Morgan fingerprint density at radius 2 is 1.65 bits per heavy atom. The van der Waals surface area contributed by atoms with Gasteiger partial charge in [-0.25, -0.2) is 0 Å². The Hall–Kier alpha value is -3.15. The number of fused-ring (bicyclic) bond motifs is 1. The van der Waals surface area contributed by atoms with Crippen molar-refractivity contribution in [1.82, 2.24) is 9.47 Å². The smallest absolute Gasteiger partial charge is 0.233 e. The van der Waals surface area contributed by atoms with Gasteiger partial charge in [0, 0.05) is 23.5 Å². The van der Waals surface area contributed by atoms with E-state index in [2.05, 4.69) is 4.57 Å². The van der Waals surface area contributed by atoms with Crippen LogP contribution in [-0.2, 0) is 22.6 Å². The third-order valence-corrected chi connectivity index (χ3v) is 6.56. The number of rotatable bonds is 7. The molecule has 2 amide bonds. The summed E-state index contributed by atoms with van der Waals surface area (Å²) in [7, 11) is 1.65. The van der Waals surface area contributed by atoms with Crippen LogP contribution in [0.4, 0.5) is 0 Å². The number of allylic oxidation sites excluding steroid dienone is 2. The number of hydrogen-bond donors (Lipinski definition) is 0. The molecule has 1 saturated heterocycles. The number of methoxy groups -OCH3 is 1. The Balaban J connectivity index is 1.45. The number of ketones is 1. The van der Waals surface area contributed by atoms with Crippen molar-refractivity contribution in [3.8, 4) is 5.75 Å². The second kappa shape index (κ2) is 8.53. The van der Waals surface area contributed by atoms with Gasteiger partial charge < -0.3 is 9.30 Å². The molecule has 2 atom stereocenters. The number of imide groups is 1. The van der Waals surface area contributed by atoms with Crippen LogP contribution in [0, 0.1) is 25.7 Å². The van der Waals surface area contributed by atoms with Crippen LogP contribution in [0.1, 0.15) is 40.2 Å². The first-order chi connectivity index (χ1) is 14.9. The summed E-state index contributed by atoms with van der Waals surface area (Å²) in [6.45, 7) is 4.47.